The van der Waals surface area contributed by atoms with E-state index in [2.05, 4.69) is 175 Å². The first-order chi connectivity index (χ1) is 64.5. The molecule has 6 radical (unpaired) electrons. The van der Waals surface area contributed by atoms with E-state index in [0.717, 1.165) is 61.9 Å². The summed E-state index contributed by atoms with van der Waals surface area (Å²) in [7, 11) is 9.23. The molecule has 0 saturated heterocycles. The molecule has 0 aliphatic rings. The number of hydrogen-bond donors (Lipinski definition) is 0. The molecule has 0 bridgehead atoms. The van der Waals surface area contributed by atoms with E-state index in [4.69, 9.17) is 40.0 Å². The molecule has 42 nitrogen and oxygen atoms in total. The van der Waals surface area contributed by atoms with E-state index in [-0.39, 0.29) is 256 Å². The molecule has 0 fully saturated rings. The molecule has 0 unspecified atom stereocenters. The first kappa shape index (κ1) is 116. The summed E-state index contributed by atoms with van der Waals surface area (Å²) in [6.07, 6.45) is 26.5. The van der Waals surface area contributed by atoms with Crippen LogP contribution in [0.1, 0.15) is 51.4 Å². The van der Waals surface area contributed by atoms with Crippen molar-refractivity contribution in [2.24, 2.45) is 42.3 Å². The maximum Gasteiger partial charge on any atom is 0.368 e. The quantitative estimate of drug-likeness (QED) is 0.0395. The molecule has 0 aliphatic carbocycles. The van der Waals surface area contributed by atoms with Gasteiger partial charge in [-0.15, -0.1) is 72.8 Å². The van der Waals surface area contributed by atoms with Gasteiger partial charge < -0.3 is 58.3 Å². The van der Waals surface area contributed by atoms with Gasteiger partial charge in [0.2, 0.25) is 0 Å². The third-order valence-electron chi connectivity index (χ3n) is 19.0. The molecular formula is C87H74BrClFIN30O12Y6-6. The number of halogens is 4. The van der Waals surface area contributed by atoms with Crippen LogP contribution < -0.4 is 62.6 Å². The molecule has 0 saturated carbocycles. The van der Waals surface area contributed by atoms with Crippen molar-refractivity contribution >= 4 is 50.1 Å². The molecule has 696 valence electrons. The molecule has 0 amide bonds. The molecule has 0 N–H and O–H groups in total. The van der Waals surface area contributed by atoms with Gasteiger partial charge in [0.15, 0.2) is 0 Å². The summed E-state index contributed by atoms with van der Waals surface area (Å²) < 4.78 is 64.3. The normalized spacial score (nSPS) is 10.2. The maximum absolute atomic E-state index is 14.1. The Morgan fingerprint density at radius 1 is 0.317 bits per heavy atom. The monoisotopic (exact) mass is 2520 g/mol. The van der Waals surface area contributed by atoms with Gasteiger partial charge in [-0.2, -0.15) is 56.2 Å². The van der Waals surface area contributed by atoms with Crippen LogP contribution in [0.25, 0.3) is 34.1 Å². The number of tetrazole rings is 6. The summed E-state index contributed by atoms with van der Waals surface area (Å²) in [6, 6.07) is 52.2. The predicted molar refractivity (Wildman–Crippen MR) is 484 cm³/mol. The number of nitrogens with zero attached hydrogens (tertiary/aromatic N) is 30. The minimum atomic E-state index is -0.493. The summed E-state index contributed by atoms with van der Waals surface area (Å²) in [5, 5.41) is 45.9. The van der Waals surface area contributed by atoms with E-state index in [0.29, 0.717) is 93.3 Å². The Hall–Kier alpha value is -9.71. The second-order valence-corrected chi connectivity index (χ2v) is 30.0. The Bertz CT molecular complexity index is 6510. The molecule has 6 aromatic carbocycles. The number of rotatable bonds is 25. The molecule has 0 spiro atoms. The third kappa shape index (κ3) is 31.2. The molecular weight excluding hydrogens is 2450 g/mol. The predicted octanol–water partition coefficient (Wildman–Crippen LogP) is 7.46. The molecule has 0 atom stereocenters. The van der Waals surface area contributed by atoms with E-state index in [1.165, 1.54) is 80.6 Å². The topological polar surface area (TPSA) is 449 Å². The van der Waals surface area contributed by atoms with E-state index < -0.39 is 11.5 Å². The zero-order valence-corrected chi connectivity index (χ0v) is 96.6. The van der Waals surface area contributed by atoms with Crippen LogP contribution in [0.2, 0.25) is 5.02 Å². The van der Waals surface area contributed by atoms with Gasteiger partial charge in [0.25, 0.3) is 0 Å². The average molecular weight is 2530 g/mol. The fraction of sp³-hybridized carbons (Fsp3) is 0.172. The van der Waals surface area contributed by atoms with Crippen LogP contribution in [-0.2, 0) is 285 Å². The van der Waals surface area contributed by atoms with Crippen molar-refractivity contribution < 1.29 is 229 Å². The third-order valence-corrected chi connectivity index (χ3v) is 21.1. The molecule has 12 heterocycles. The van der Waals surface area contributed by atoms with Gasteiger partial charge in [-0.05, 0) is 170 Å². The van der Waals surface area contributed by atoms with E-state index in [1.54, 1.807) is 156 Å². The minimum absolute atomic E-state index is 0. The van der Waals surface area contributed by atoms with E-state index in [1.807, 2.05) is 73.7 Å². The Labute approximate surface area is 968 Å². The zero-order valence-electron chi connectivity index (χ0n) is 75.0. The van der Waals surface area contributed by atoms with Crippen molar-refractivity contribution in [1.29, 1.82) is 0 Å². The Morgan fingerprint density at radius 2 is 0.568 bits per heavy atom. The number of ether oxygens (including phenoxy) is 6. The van der Waals surface area contributed by atoms with Gasteiger partial charge in [0, 0.05) is 319 Å². The van der Waals surface area contributed by atoms with Crippen LogP contribution >= 0.6 is 50.1 Å². The molecule has 139 heavy (non-hydrogen) atoms. The maximum atomic E-state index is 14.1. The summed E-state index contributed by atoms with van der Waals surface area (Å²) in [4.78, 5) is 95.1. The standard InChI is InChI=1S/C16H16N5O2.C15H14N5O2.C14H11BrN5O2.C14H11ClN5O2.C14H11FN5O2.C14H11IN5O2.6Y/c1-3-12-5-4-6-15(21-16(22)20(2)18-19-21)14(12)11-23-13-7-9-17-10-8-13;1-11-4-3-5-14(20-15(21)19(2)17-18-20)13(11)10-22-12-6-8-16-9-7-12;4*1-19-14(21)20(18-17-19)13-4-2-3-12(15)11(13)9-22-10-5-7-16-8-6-10;;;;;;/h4-9H,3,11H2,1-2H3;3-8H,10H2,1-2H3;4*2-7H,9H2,1H3;;;;;;/q6*-1;;;;;;. The van der Waals surface area contributed by atoms with Crippen molar-refractivity contribution in [3.63, 3.8) is 0 Å². The van der Waals surface area contributed by atoms with Crippen LogP contribution in [0.5, 0.6) is 34.5 Å². The van der Waals surface area contributed by atoms with Crippen molar-refractivity contribution in [1.82, 2.24) is 149 Å². The van der Waals surface area contributed by atoms with Crippen LogP contribution in [0.4, 0.5) is 4.39 Å². The molecule has 12 aromatic heterocycles. The van der Waals surface area contributed by atoms with Crippen molar-refractivity contribution in [2.75, 3.05) is 0 Å². The van der Waals surface area contributed by atoms with Crippen LogP contribution in [0, 0.1) is 53.5 Å². The summed E-state index contributed by atoms with van der Waals surface area (Å²) in [5.41, 5.74) is 7.78. The zero-order chi connectivity index (χ0) is 93.9. The molecule has 52 heteroatoms. The Kier molecular flexibility index (Phi) is 48.5. The van der Waals surface area contributed by atoms with Crippen molar-refractivity contribution in [3.05, 3.63) is 383 Å². The SMILES string of the molecule is CCc1cccc(-n2nnn(C)c2=O)c1COc1c[c-]ncc1.Cc1cccc(-n2nnn(C)c2=O)c1COc1c[c-]ncc1.Cn1nnn(-c2cccc(Br)c2COc2c[c-]ncc2)c1=O.Cn1nnn(-c2cccc(Cl)c2COc2c[c-]ncc2)c1=O.Cn1nnn(-c2cccc(F)c2COc2c[c-]ncc2)c1=O.Cn1nnn(-c2cccc(I)c2COc2c[c-]ncc2)c1=O.[Y].[Y].[Y].[Y].[Y].[Y]. The van der Waals surface area contributed by atoms with Gasteiger partial charge in [-0.1, -0.05) is 157 Å². The first-order valence-electron chi connectivity index (χ1n) is 39.5. The van der Waals surface area contributed by atoms with Gasteiger partial charge in [-0.3, -0.25) is 0 Å². The molecule has 18 aromatic rings. The molecule has 0 aliphatic heterocycles. The van der Waals surface area contributed by atoms with Gasteiger partial charge >= 0.3 is 34.1 Å². The number of pyridine rings is 6. The van der Waals surface area contributed by atoms with Crippen LogP contribution in [0.3, 0.4) is 0 Å². The Morgan fingerprint density at radius 3 is 0.892 bits per heavy atom. The second-order valence-electron chi connectivity index (χ2n) is 27.5. The fourth-order valence-corrected chi connectivity index (χ4v) is 13.4. The number of aromatic nitrogens is 30. The van der Waals surface area contributed by atoms with Crippen LogP contribution in [-0.4, -0.2) is 149 Å². The first-order valence-corrected chi connectivity index (χ1v) is 41.7. The summed E-state index contributed by atoms with van der Waals surface area (Å²) in [5.74, 6) is 3.24. The largest absolute Gasteiger partial charge is 0.547 e. The van der Waals surface area contributed by atoms with E-state index in [9.17, 15) is 33.2 Å². The number of aryl methyl sites for hydroxylation is 8. The van der Waals surface area contributed by atoms with Gasteiger partial charge in [-0.25, -0.2) is 33.2 Å². The fourth-order valence-electron chi connectivity index (χ4n) is 12.0. The number of hydrogen-bond acceptors (Lipinski definition) is 30. The average Bonchev–Trinajstić information content (AvgIpc) is 1.74. The Balaban J connectivity index is 0.000000225. The van der Waals surface area contributed by atoms with Gasteiger partial charge in [0.1, 0.15) is 25.6 Å². The van der Waals surface area contributed by atoms with Crippen molar-refractivity contribution in [3.8, 4) is 68.6 Å². The second kappa shape index (κ2) is 58.0. The molecule has 18 rings (SSSR count). The number of benzene rings is 6. The minimum Gasteiger partial charge on any atom is -0.547 e. The van der Waals surface area contributed by atoms with E-state index >= 15 is 0 Å². The van der Waals surface area contributed by atoms with Crippen LogP contribution in [0.15, 0.2) is 252 Å². The van der Waals surface area contributed by atoms with Crippen molar-refractivity contribution in [2.45, 2.75) is 59.9 Å². The smallest absolute Gasteiger partial charge is 0.368 e. The summed E-state index contributed by atoms with van der Waals surface area (Å²) >= 11 is 11.9. The van der Waals surface area contributed by atoms with Gasteiger partial charge in [0.05, 0.1) is 53.9 Å². The summed E-state index contributed by atoms with van der Waals surface area (Å²) in [6.45, 7) is 5.32.